The van der Waals surface area contributed by atoms with Crippen LogP contribution in [0.5, 0.6) is 6.01 Å². The lowest BCUT2D eigenvalue weighted by Crippen LogP contribution is -2.50. The number of rotatable bonds is 6. The fourth-order valence-electron chi connectivity index (χ4n) is 2.56. The molecule has 0 radical (unpaired) electrons. The number of ether oxygens (including phenoxy) is 2. The zero-order valence-electron chi connectivity index (χ0n) is 14.6. The van der Waals surface area contributed by atoms with Crippen LogP contribution in [-0.4, -0.2) is 50.2 Å². The van der Waals surface area contributed by atoms with Gasteiger partial charge in [-0.05, 0) is 17.7 Å². The van der Waals surface area contributed by atoms with Crippen LogP contribution in [0.4, 0.5) is 8.78 Å². The van der Waals surface area contributed by atoms with Crippen LogP contribution in [0.3, 0.4) is 0 Å². The van der Waals surface area contributed by atoms with Crippen LogP contribution in [-0.2, 0) is 11.3 Å². The Bertz CT molecular complexity index is 1040. The summed E-state index contributed by atoms with van der Waals surface area (Å²) in [4.78, 5) is 23.9. The van der Waals surface area contributed by atoms with E-state index in [1.54, 1.807) is 0 Å². The van der Waals surface area contributed by atoms with Gasteiger partial charge in [-0.1, -0.05) is 0 Å². The van der Waals surface area contributed by atoms with E-state index in [4.69, 9.17) is 9.47 Å². The number of hydrogen-bond donors (Lipinski definition) is 0. The summed E-state index contributed by atoms with van der Waals surface area (Å²) in [6.07, 6.45) is 5.47. The molecule has 0 aliphatic carbocycles. The Kier molecular flexibility index (Phi) is 4.78. The number of alkyl halides is 1. The van der Waals surface area contributed by atoms with Crippen molar-refractivity contribution in [1.82, 2.24) is 24.7 Å². The SMILES string of the molecule is O=c1ccc(-c2cnc(OCC3(F)COC3)nc2)nn1Cc1cncc(F)c1. The van der Waals surface area contributed by atoms with E-state index in [2.05, 4.69) is 20.1 Å². The van der Waals surface area contributed by atoms with Gasteiger partial charge in [0, 0.05) is 30.2 Å². The first-order valence-electron chi connectivity index (χ1n) is 8.40. The first kappa shape index (κ1) is 18.1. The highest BCUT2D eigenvalue weighted by atomic mass is 19.1. The molecule has 144 valence electrons. The van der Waals surface area contributed by atoms with E-state index in [1.807, 2.05) is 0 Å². The number of aromatic nitrogens is 5. The van der Waals surface area contributed by atoms with Gasteiger partial charge in [0.05, 0.1) is 31.6 Å². The van der Waals surface area contributed by atoms with Crippen molar-refractivity contribution in [1.29, 1.82) is 0 Å². The Morgan fingerprint density at radius 2 is 1.96 bits per heavy atom. The average molecular weight is 387 g/mol. The second-order valence-corrected chi connectivity index (χ2v) is 6.41. The van der Waals surface area contributed by atoms with Crippen LogP contribution in [0.15, 0.2) is 47.8 Å². The Balaban J connectivity index is 1.50. The largest absolute Gasteiger partial charge is 0.460 e. The third kappa shape index (κ3) is 4.01. The van der Waals surface area contributed by atoms with E-state index in [0.29, 0.717) is 16.8 Å². The maximum absolute atomic E-state index is 13.8. The van der Waals surface area contributed by atoms with Crippen molar-refractivity contribution in [2.24, 2.45) is 0 Å². The van der Waals surface area contributed by atoms with Crippen LogP contribution in [0.2, 0.25) is 0 Å². The normalized spacial score (nSPS) is 15.1. The lowest BCUT2D eigenvalue weighted by atomic mass is 10.1. The summed E-state index contributed by atoms with van der Waals surface area (Å²) in [5, 5.41) is 4.26. The minimum absolute atomic E-state index is 0.00260. The van der Waals surface area contributed by atoms with Crippen molar-refractivity contribution in [3.63, 3.8) is 0 Å². The highest BCUT2D eigenvalue weighted by Gasteiger charge is 2.40. The van der Waals surface area contributed by atoms with Gasteiger partial charge in [-0.15, -0.1) is 0 Å². The number of hydrogen-bond acceptors (Lipinski definition) is 7. The summed E-state index contributed by atoms with van der Waals surface area (Å²) < 4.78 is 38.4. The maximum atomic E-state index is 13.8. The molecule has 0 amide bonds. The molecule has 0 atom stereocenters. The van der Waals surface area contributed by atoms with Gasteiger partial charge in [0.2, 0.25) is 0 Å². The van der Waals surface area contributed by atoms with E-state index < -0.39 is 11.5 Å². The molecule has 0 aromatic carbocycles. The fraction of sp³-hybridized carbons (Fsp3) is 0.278. The molecule has 0 unspecified atom stereocenters. The summed E-state index contributed by atoms with van der Waals surface area (Å²) in [5.74, 6) is -0.491. The molecule has 1 fully saturated rings. The highest BCUT2D eigenvalue weighted by Crippen LogP contribution is 2.22. The van der Waals surface area contributed by atoms with Crippen molar-refractivity contribution in [3.8, 4) is 17.3 Å². The second-order valence-electron chi connectivity index (χ2n) is 6.41. The van der Waals surface area contributed by atoms with Crippen molar-refractivity contribution >= 4 is 0 Å². The molecule has 3 aromatic rings. The van der Waals surface area contributed by atoms with Gasteiger partial charge in [-0.3, -0.25) is 9.78 Å². The molecule has 0 saturated carbocycles. The topological polar surface area (TPSA) is 92.0 Å². The first-order chi connectivity index (χ1) is 13.5. The molecule has 10 heteroatoms. The number of pyridine rings is 1. The van der Waals surface area contributed by atoms with E-state index in [9.17, 15) is 13.6 Å². The van der Waals surface area contributed by atoms with Crippen LogP contribution < -0.4 is 10.3 Å². The third-order valence-corrected chi connectivity index (χ3v) is 4.07. The summed E-state index contributed by atoms with van der Waals surface area (Å²) in [6, 6.07) is 4.20. The molecular weight excluding hydrogens is 372 g/mol. The van der Waals surface area contributed by atoms with Gasteiger partial charge in [-0.2, -0.15) is 5.10 Å². The van der Waals surface area contributed by atoms with Gasteiger partial charge < -0.3 is 9.47 Å². The lowest BCUT2D eigenvalue weighted by molar-refractivity contribution is -0.147. The number of nitrogens with zero attached hydrogens (tertiary/aromatic N) is 5. The van der Waals surface area contributed by atoms with Crippen LogP contribution >= 0.6 is 0 Å². The van der Waals surface area contributed by atoms with E-state index >= 15 is 0 Å². The molecule has 1 aliphatic rings. The Labute approximate surface area is 157 Å². The first-order valence-corrected chi connectivity index (χ1v) is 8.40. The van der Waals surface area contributed by atoms with Crippen molar-refractivity contribution in [2.45, 2.75) is 12.2 Å². The molecule has 3 aromatic heterocycles. The zero-order valence-corrected chi connectivity index (χ0v) is 14.6. The van der Waals surface area contributed by atoms with E-state index in [1.165, 1.54) is 41.5 Å². The van der Waals surface area contributed by atoms with Crippen LogP contribution in [0.1, 0.15) is 5.56 Å². The lowest BCUT2D eigenvalue weighted by Gasteiger charge is -2.32. The molecule has 0 bridgehead atoms. The Morgan fingerprint density at radius 3 is 2.64 bits per heavy atom. The molecular formula is C18H15F2N5O3. The zero-order chi connectivity index (χ0) is 19.6. The smallest absolute Gasteiger partial charge is 0.316 e. The molecule has 4 heterocycles. The predicted octanol–water partition coefficient (Wildman–Crippen LogP) is 1.40. The highest BCUT2D eigenvalue weighted by molar-refractivity contribution is 5.55. The maximum Gasteiger partial charge on any atom is 0.316 e. The summed E-state index contributed by atoms with van der Waals surface area (Å²) >= 11 is 0. The van der Waals surface area contributed by atoms with E-state index in [0.717, 1.165) is 6.20 Å². The molecule has 28 heavy (non-hydrogen) atoms. The summed E-state index contributed by atoms with van der Waals surface area (Å²) in [7, 11) is 0. The van der Waals surface area contributed by atoms with Crippen molar-refractivity contribution in [3.05, 3.63) is 64.7 Å². The van der Waals surface area contributed by atoms with Gasteiger partial charge in [0.1, 0.15) is 12.4 Å². The van der Waals surface area contributed by atoms with E-state index in [-0.39, 0.29) is 37.9 Å². The van der Waals surface area contributed by atoms with Crippen LogP contribution in [0.25, 0.3) is 11.3 Å². The van der Waals surface area contributed by atoms with Gasteiger partial charge in [-0.25, -0.2) is 23.4 Å². The fourth-order valence-corrected chi connectivity index (χ4v) is 2.56. The molecule has 1 aliphatic heterocycles. The molecule has 8 nitrogen and oxygen atoms in total. The van der Waals surface area contributed by atoms with Gasteiger partial charge >= 0.3 is 6.01 Å². The molecule has 0 N–H and O–H groups in total. The number of halogens is 2. The minimum Gasteiger partial charge on any atom is -0.460 e. The average Bonchev–Trinajstić information content (AvgIpc) is 2.67. The van der Waals surface area contributed by atoms with Gasteiger partial charge in [0.25, 0.3) is 5.56 Å². The van der Waals surface area contributed by atoms with Crippen molar-refractivity contribution in [2.75, 3.05) is 19.8 Å². The standard InChI is InChI=1S/C18H15F2N5O3/c19-14-3-12(4-21-7-14)8-25-16(26)2-1-15(24-25)13-5-22-17(23-6-13)28-11-18(20)9-27-10-18/h1-7H,8-11H2. The minimum atomic E-state index is -1.50. The second kappa shape index (κ2) is 7.39. The van der Waals surface area contributed by atoms with Crippen LogP contribution in [0, 0.1) is 5.82 Å². The van der Waals surface area contributed by atoms with Gasteiger partial charge in [0.15, 0.2) is 5.67 Å². The monoisotopic (exact) mass is 387 g/mol. The Morgan fingerprint density at radius 1 is 1.18 bits per heavy atom. The van der Waals surface area contributed by atoms with Crippen molar-refractivity contribution < 1.29 is 18.3 Å². The molecule has 1 saturated heterocycles. The quantitative estimate of drug-likeness (QED) is 0.631. The third-order valence-electron chi connectivity index (χ3n) is 4.07. The summed E-state index contributed by atoms with van der Waals surface area (Å²) in [5.41, 5.74) is -0.341. The predicted molar refractivity (Wildman–Crippen MR) is 93.0 cm³/mol. The molecule has 4 rings (SSSR count). The molecule has 0 spiro atoms. The summed E-state index contributed by atoms with van der Waals surface area (Å²) in [6.45, 7) is -0.119. The Hall–Kier alpha value is -3.27.